The first kappa shape index (κ1) is 15.0. The fourth-order valence-electron chi connectivity index (χ4n) is 2.84. The molecule has 2 atom stereocenters. The van der Waals surface area contributed by atoms with Crippen LogP contribution in [0.1, 0.15) is 49.4 Å². The molecule has 5 heteroatoms. The Balaban J connectivity index is 2.29. The lowest BCUT2D eigenvalue weighted by Crippen LogP contribution is -2.27. The van der Waals surface area contributed by atoms with Gasteiger partial charge in [0.15, 0.2) is 0 Å². The summed E-state index contributed by atoms with van der Waals surface area (Å²) in [5.74, 6) is -0.504. The summed E-state index contributed by atoms with van der Waals surface area (Å²) >= 11 is 6.18. The fourth-order valence-corrected chi connectivity index (χ4v) is 3.12. The molecule has 0 spiro atoms. The number of carbonyl (C=O) groups is 1. The predicted molar refractivity (Wildman–Crippen MR) is 82.5 cm³/mol. The molecule has 1 fully saturated rings. The van der Waals surface area contributed by atoms with E-state index in [1.807, 2.05) is 0 Å². The topological polar surface area (TPSA) is 75.3 Å². The lowest BCUT2D eigenvalue weighted by atomic mass is 9.96. The minimum absolute atomic E-state index is 0.145. The minimum atomic E-state index is -1.01. The molecule has 2 unspecified atom stereocenters. The summed E-state index contributed by atoms with van der Waals surface area (Å²) in [6.07, 6.45) is 5.84. The highest BCUT2D eigenvalue weighted by Crippen LogP contribution is 2.33. The molecule has 0 bridgehead atoms. The van der Waals surface area contributed by atoms with E-state index in [0.717, 1.165) is 19.3 Å². The van der Waals surface area contributed by atoms with Crippen LogP contribution in [0.3, 0.4) is 0 Å². The van der Waals surface area contributed by atoms with Gasteiger partial charge in [-0.3, -0.25) is 0 Å². The summed E-state index contributed by atoms with van der Waals surface area (Å²) in [6.45, 7) is 2.20. The van der Waals surface area contributed by atoms with E-state index in [-0.39, 0.29) is 11.6 Å². The Morgan fingerprint density at radius 3 is 2.75 bits per heavy atom. The van der Waals surface area contributed by atoms with Gasteiger partial charge in [0.25, 0.3) is 0 Å². The first-order chi connectivity index (χ1) is 9.49. The van der Waals surface area contributed by atoms with Gasteiger partial charge < -0.3 is 16.2 Å². The standard InChI is InChI=1S/C15H21ClN2O2/c1-9-5-3-2-4-6-13(9)18-14-11(15(19)20)7-10(17)8-12(14)16/h7-9,13,18H,2-6,17H2,1H3,(H,19,20). The highest BCUT2D eigenvalue weighted by molar-refractivity contribution is 6.34. The normalized spacial score (nSPS) is 23.1. The summed E-state index contributed by atoms with van der Waals surface area (Å²) in [7, 11) is 0. The van der Waals surface area contributed by atoms with Gasteiger partial charge in [-0.25, -0.2) is 4.79 Å². The molecule has 0 radical (unpaired) electrons. The number of hydrogen-bond acceptors (Lipinski definition) is 3. The third kappa shape index (κ3) is 3.37. The molecule has 110 valence electrons. The SMILES string of the molecule is CC1CCCCCC1Nc1c(Cl)cc(N)cc1C(=O)O. The fraction of sp³-hybridized carbons (Fsp3) is 0.533. The van der Waals surface area contributed by atoms with Crippen LogP contribution < -0.4 is 11.1 Å². The molecular weight excluding hydrogens is 276 g/mol. The summed E-state index contributed by atoms with van der Waals surface area (Å²) in [5, 5.41) is 13.0. The van der Waals surface area contributed by atoms with Crippen LogP contribution >= 0.6 is 11.6 Å². The smallest absolute Gasteiger partial charge is 0.337 e. The third-order valence-corrected chi connectivity index (χ3v) is 4.33. The molecule has 1 aromatic carbocycles. The minimum Gasteiger partial charge on any atom is -0.478 e. The number of carboxylic acid groups (broad SMARTS) is 1. The van der Waals surface area contributed by atoms with E-state index in [4.69, 9.17) is 17.3 Å². The zero-order valence-corrected chi connectivity index (χ0v) is 12.4. The van der Waals surface area contributed by atoms with E-state index in [1.165, 1.54) is 18.9 Å². The van der Waals surface area contributed by atoms with Gasteiger partial charge in [0.05, 0.1) is 16.3 Å². The average Bonchev–Trinajstić information content (AvgIpc) is 2.57. The van der Waals surface area contributed by atoms with Crippen molar-refractivity contribution >= 4 is 28.9 Å². The maximum absolute atomic E-state index is 11.4. The molecule has 20 heavy (non-hydrogen) atoms. The highest BCUT2D eigenvalue weighted by Gasteiger charge is 2.23. The van der Waals surface area contributed by atoms with E-state index in [1.54, 1.807) is 6.07 Å². The Hall–Kier alpha value is -1.42. The van der Waals surface area contributed by atoms with Gasteiger partial charge >= 0.3 is 5.97 Å². The van der Waals surface area contributed by atoms with Crippen LogP contribution in [0, 0.1) is 5.92 Å². The number of rotatable bonds is 3. The first-order valence-electron chi connectivity index (χ1n) is 7.08. The summed E-state index contributed by atoms with van der Waals surface area (Å²) in [6, 6.07) is 3.31. The van der Waals surface area contributed by atoms with Gasteiger partial charge in [-0.1, -0.05) is 37.8 Å². The second-order valence-electron chi connectivity index (χ2n) is 5.60. The molecule has 1 aliphatic rings. The summed E-state index contributed by atoms with van der Waals surface area (Å²) in [5.41, 5.74) is 6.68. The van der Waals surface area contributed by atoms with Gasteiger partial charge in [0.1, 0.15) is 0 Å². The maximum Gasteiger partial charge on any atom is 0.337 e. The molecule has 1 aromatic rings. The molecule has 4 N–H and O–H groups in total. The van der Waals surface area contributed by atoms with Crippen molar-refractivity contribution in [1.82, 2.24) is 0 Å². The van der Waals surface area contributed by atoms with E-state index in [9.17, 15) is 9.90 Å². The molecule has 1 aliphatic carbocycles. The van der Waals surface area contributed by atoms with Gasteiger partial charge in [0.2, 0.25) is 0 Å². The number of hydrogen-bond donors (Lipinski definition) is 3. The Labute approximate surface area is 124 Å². The number of benzene rings is 1. The second kappa shape index (κ2) is 6.35. The quantitative estimate of drug-likeness (QED) is 0.582. The van der Waals surface area contributed by atoms with Crippen LogP contribution in [0.25, 0.3) is 0 Å². The van der Waals surface area contributed by atoms with Crippen molar-refractivity contribution in [2.75, 3.05) is 11.1 Å². The van der Waals surface area contributed by atoms with Gasteiger partial charge in [-0.05, 0) is 30.9 Å². The van der Waals surface area contributed by atoms with Crippen LogP contribution in [-0.4, -0.2) is 17.1 Å². The third-order valence-electron chi connectivity index (χ3n) is 4.03. The number of nitrogens with one attached hydrogen (secondary N) is 1. The van der Waals surface area contributed by atoms with Crippen LogP contribution in [0.5, 0.6) is 0 Å². The molecule has 1 saturated carbocycles. The zero-order valence-electron chi connectivity index (χ0n) is 11.7. The van der Waals surface area contributed by atoms with Crippen LogP contribution in [0.2, 0.25) is 5.02 Å². The molecule has 0 amide bonds. The van der Waals surface area contributed by atoms with Crippen molar-refractivity contribution in [2.45, 2.75) is 45.1 Å². The lowest BCUT2D eigenvalue weighted by molar-refractivity contribution is 0.0698. The van der Waals surface area contributed by atoms with Crippen molar-refractivity contribution in [3.63, 3.8) is 0 Å². The van der Waals surface area contributed by atoms with Crippen molar-refractivity contribution in [3.05, 3.63) is 22.7 Å². The van der Waals surface area contributed by atoms with Crippen molar-refractivity contribution in [3.8, 4) is 0 Å². The number of carboxylic acids is 1. The van der Waals surface area contributed by atoms with E-state index in [0.29, 0.717) is 22.3 Å². The number of anilines is 2. The zero-order chi connectivity index (χ0) is 14.7. The predicted octanol–water partition coefficient (Wildman–Crippen LogP) is 4.00. The number of aromatic carboxylic acids is 1. The molecular formula is C15H21ClN2O2. The van der Waals surface area contributed by atoms with Crippen molar-refractivity contribution < 1.29 is 9.90 Å². The Morgan fingerprint density at radius 2 is 2.05 bits per heavy atom. The van der Waals surface area contributed by atoms with E-state index >= 15 is 0 Å². The largest absolute Gasteiger partial charge is 0.478 e. The molecule has 0 saturated heterocycles. The summed E-state index contributed by atoms with van der Waals surface area (Å²) in [4.78, 5) is 11.4. The lowest BCUT2D eigenvalue weighted by Gasteiger charge is -2.25. The van der Waals surface area contributed by atoms with Crippen LogP contribution in [-0.2, 0) is 0 Å². The van der Waals surface area contributed by atoms with Crippen LogP contribution in [0.15, 0.2) is 12.1 Å². The van der Waals surface area contributed by atoms with Gasteiger partial charge in [-0.2, -0.15) is 0 Å². The molecule has 4 nitrogen and oxygen atoms in total. The number of halogens is 1. The van der Waals surface area contributed by atoms with Gasteiger partial charge in [-0.15, -0.1) is 0 Å². The molecule has 0 heterocycles. The Kier molecular flexibility index (Phi) is 4.76. The molecule has 0 aliphatic heterocycles. The Morgan fingerprint density at radius 1 is 1.35 bits per heavy atom. The number of nitrogens with two attached hydrogens (primary N) is 1. The maximum atomic E-state index is 11.4. The van der Waals surface area contributed by atoms with E-state index in [2.05, 4.69) is 12.2 Å². The molecule has 2 rings (SSSR count). The van der Waals surface area contributed by atoms with E-state index < -0.39 is 5.97 Å². The average molecular weight is 297 g/mol. The highest BCUT2D eigenvalue weighted by atomic mass is 35.5. The first-order valence-corrected chi connectivity index (χ1v) is 7.45. The van der Waals surface area contributed by atoms with Crippen LogP contribution in [0.4, 0.5) is 11.4 Å². The van der Waals surface area contributed by atoms with Crippen molar-refractivity contribution in [2.24, 2.45) is 5.92 Å². The second-order valence-corrected chi connectivity index (χ2v) is 6.00. The number of nitrogen functional groups attached to an aromatic ring is 1. The van der Waals surface area contributed by atoms with Crippen molar-refractivity contribution in [1.29, 1.82) is 0 Å². The molecule has 0 aromatic heterocycles. The van der Waals surface area contributed by atoms with Gasteiger partial charge in [0, 0.05) is 11.7 Å². The summed E-state index contributed by atoms with van der Waals surface area (Å²) < 4.78 is 0. The monoisotopic (exact) mass is 296 g/mol. The Bertz CT molecular complexity index is 505.